The first-order chi connectivity index (χ1) is 16.5. The molecule has 2 N–H and O–H groups in total. The summed E-state index contributed by atoms with van der Waals surface area (Å²) in [6.07, 6.45) is 9.10. The molecule has 0 radical (unpaired) electrons. The number of nitrogens with one attached hydrogen (secondary N) is 2. The highest BCUT2D eigenvalue weighted by atomic mass is 16.2. The maximum absolute atomic E-state index is 13.5. The number of amides is 4. The zero-order chi connectivity index (χ0) is 23.7. The molecule has 2 saturated heterocycles. The zero-order valence-electron chi connectivity index (χ0n) is 20.2. The molecule has 2 aliphatic carbocycles. The topological polar surface area (TPSA) is 85.0 Å². The molecular formula is C26H37N5O3. The van der Waals surface area contributed by atoms with Crippen LogP contribution in [0.5, 0.6) is 0 Å². The Bertz CT molecular complexity index is 914. The number of carbonyl (C=O) groups is 3. The average Bonchev–Trinajstić information content (AvgIpc) is 3.17. The predicted molar refractivity (Wildman–Crippen MR) is 128 cm³/mol. The lowest BCUT2D eigenvalue weighted by Crippen LogP contribution is -2.66. The molecule has 2 saturated carbocycles. The van der Waals surface area contributed by atoms with Crippen LogP contribution < -0.4 is 10.7 Å². The molecule has 5 rings (SSSR count). The van der Waals surface area contributed by atoms with Crippen LogP contribution in [0.2, 0.25) is 0 Å². The number of fused-ring (bicyclic) bond motifs is 3. The fourth-order valence-electron chi connectivity index (χ4n) is 6.10. The van der Waals surface area contributed by atoms with Crippen molar-refractivity contribution in [3.05, 3.63) is 35.4 Å². The summed E-state index contributed by atoms with van der Waals surface area (Å²) in [7, 11) is 0. The third-order valence-electron chi connectivity index (χ3n) is 7.98. The van der Waals surface area contributed by atoms with Gasteiger partial charge in [-0.2, -0.15) is 5.43 Å². The van der Waals surface area contributed by atoms with Gasteiger partial charge >= 0.3 is 6.03 Å². The van der Waals surface area contributed by atoms with Crippen LogP contribution in [-0.2, 0) is 16.1 Å². The van der Waals surface area contributed by atoms with E-state index in [1.807, 2.05) is 36.1 Å². The van der Waals surface area contributed by atoms with Crippen LogP contribution in [0.3, 0.4) is 0 Å². The number of urea groups is 1. The molecule has 3 unspecified atom stereocenters. The van der Waals surface area contributed by atoms with E-state index in [1.54, 1.807) is 9.91 Å². The Hall–Kier alpha value is -2.61. The largest absolute Gasteiger partial charge is 0.353 e. The highest BCUT2D eigenvalue weighted by Crippen LogP contribution is 2.38. The lowest BCUT2D eigenvalue weighted by Gasteiger charge is -2.48. The van der Waals surface area contributed by atoms with E-state index in [2.05, 4.69) is 10.7 Å². The van der Waals surface area contributed by atoms with Gasteiger partial charge in [-0.3, -0.25) is 19.5 Å². The van der Waals surface area contributed by atoms with E-state index in [4.69, 9.17) is 0 Å². The van der Waals surface area contributed by atoms with Crippen LogP contribution in [0, 0.1) is 12.8 Å². The van der Waals surface area contributed by atoms with Gasteiger partial charge < -0.3 is 10.2 Å². The fraction of sp³-hybridized carbons (Fsp3) is 0.654. The summed E-state index contributed by atoms with van der Waals surface area (Å²) in [6, 6.07) is 8.26. The quantitative estimate of drug-likeness (QED) is 0.673. The van der Waals surface area contributed by atoms with Gasteiger partial charge in [-0.25, -0.2) is 4.79 Å². The number of hydrogen-bond acceptors (Lipinski definition) is 4. The summed E-state index contributed by atoms with van der Waals surface area (Å²) >= 11 is 0. The summed E-state index contributed by atoms with van der Waals surface area (Å²) in [4.78, 5) is 43.3. The van der Waals surface area contributed by atoms with Crippen LogP contribution in [0.25, 0.3) is 0 Å². The van der Waals surface area contributed by atoms with Crippen molar-refractivity contribution in [1.82, 2.24) is 25.6 Å². The summed E-state index contributed by atoms with van der Waals surface area (Å²) < 4.78 is 0. The van der Waals surface area contributed by atoms with E-state index in [-0.39, 0.29) is 42.3 Å². The van der Waals surface area contributed by atoms with E-state index in [0.29, 0.717) is 13.1 Å². The zero-order valence-corrected chi connectivity index (χ0v) is 20.2. The molecule has 2 heterocycles. The van der Waals surface area contributed by atoms with Gasteiger partial charge in [0, 0.05) is 25.0 Å². The van der Waals surface area contributed by atoms with Gasteiger partial charge in [-0.05, 0) is 38.2 Å². The number of rotatable bonds is 6. The third kappa shape index (κ3) is 4.65. The van der Waals surface area contributed by atoms with Crippen LogP contribution in [-0.4, -0.2) is 57.6 Å². The van der Waals surface area contributed by atoms with Crippen LogP contribution in [0.4, 0.5) is 4.79 Å². The molecule has 0 aromatic heterocycles. The van der Waals surface area contributed by atoms with Crippen molar-refractivity contribution in [3.8, 4) is 0 Å². The van der Waals surface area contributed by atoms with Crippen molar-refractivity contribution in [2.24, 2.45) is 5.92 Å². The second kappa shape index (κ2) is 9.94. The predicted octanol–water partition coefficient (Wildman–Crippen LogP) is 3.26. The molecule has 4 aliphatic rings. The van der Waals surface area contributed by atoms with Crippen molar-refractivity contribution in [3.63, 3.8) is 0 Å². The number of benzene rings is 1. The van der Waals surface area contributed by atoms with Crippen LogP contribution in [0.1, 0.15) is 75.3 Å². The average molecular weight is 468 g/mol. The first-order valence-electron chi connectivity index (χ1n) is 13.0. The molecule has 8 heteroatoms. The molecule has 1 aromatic rings. The number of nitrogens with zero attached hydrogens (tertiary/aromatic N) is 3. The van der Waals surface area contributed by atoms with Gasteiger partial charge in [0.1, 0.15) is 0 Å². The first-order valence-corrected chi connectivity index (χ1v) is 13.0. The van der Waals surface area contributed by atoms with Gasteiger partial charge in [0.05, 0.1) is 12.5 Å². The number of carbonyl (C=O) groups excluding carboxylic acids is 3. The van der Waals surface area contributed by atoms with Gasteiger partial charge in [-0.15, -0.1) is 0 Å². The highest BCUT2D eigenvalue weighted by Gasteiger charge is 2.54. The van der Waals surface area contributed by atoms with E-state index in [9.17, 15) is 14.4 Å². The Labute approximate surface area is 202 Å². The standard InChI is InChI=1S/C26H37N5O3/c1-18-11-13-19(14-12-18)17-30-26(34)31-22-10-6-5-9-21(22)24(33)29(25(31)28-30)16-15-23(32)27-20-7-3-2-4-8-20/h11-14,20-22,25,28H,2-10,15-17H2,1H3,(H,27,32). The second-order valence-electron chi connectivity index (χ2n) is 10.4. The van der Waals surface area contributed by atoms with Crippen molar-refractivity contribution in [2.75, 3.05) is 6.54 Å². The van der Waals surface area contributed by atoms with E-state index in [0.717, 1.165) is 44.1 Å². The van der Waals surface area contributed by atoms with Crippen LogP contribution in [0.15, 0.2) is 24.3 Å². The summed E-state index contributed by atoms with van der Waals surface area (Å²) in [5.74, 6) is -0.0942. The Morgan fingerprint density at radius 2 is 1.71 bits per heavy atom. The molecule has 2 aliphatic heterocycles. The Kier molecular flexibility index (Phi) is 6.77. The number of hydrazine groups is 1. The maximum atomic E-state index is 13.5. The smallest absolute Gasteiger partial charge is 0.337 e. The Morgan fingerprint density at radius 3 is 2.47 bits per heavy atom. The van der Waals surface area contributed by atoms with Gasteiger partial charge in [0.15, 0.2) is 6.29 Å². The molecule has 1 aromatic carbocycles. The molecular weight excluding hydrogens is 430 g/mol. The maximum Gasteiger partial charge on any atom is 0.337 e. The normalized spacial score (nSPS) is 27.6. The number of aryl methyl sites for hydroxylation is 1. The van der Waals surface area contributed by atoms with E-state index < -0.39 is 6.29 Å². The lowest BCUT2D eigenvalue weighted by atomic mass is 9.81. The van der Waals surface area contributed by atoms with Crippen molar-refractivity contribution in [2.45, 2.75) is 96.1 Å². The Balaban J connectivity index is 1.29. The van der Waals surface area contributed by atoms with Crippen LogP contribution >= 0.6 is 0 Å². The summed E-state index contributed by atoms with van der Waals surface area (Å²) in [6.45, 7) is 2.80. The molecule has 34 heavy (non-hydrogen) atoms. The summed E-state index contributed by atoms with van der Waals surface area (Å²) in [5.41, 5.74) is 5.52. The lowest BCUT2D eigenvalue weighted by molar-refractivity contribution is -0.156. The molecule has 4 amide bonds. The monoisotopic (exact) mass is 467 g/mol. The van der Waals surface area contributed by atoms with Crippen molar-refractivity contribution < 1.29 is 14.4 Å². The SMILES string of the molecule is Cc1ccc(CN2NC3N(CCC(=O)NC4CCCCC4)C(=O)C4CCCCC4N3C2=O)cc1. The Morgan fingerprint density at radius 1 is 1.00 bits per heavy atom. The minimum absolute atomic E-state index is 0.00199. The van der Waals surface area contributed by atoms with E-state index in [1.165, 1.54) is 24.8 Å². The fourth-order valence-corrected chi connectivity index (χ4v) is 6.10. The van der Waals surface area contributed by atoms with Gasteiger partial charge in [0.2, 0.25) is 11.8 Å². The molecule has 0 spiro atoms. The third-order valence-corrected chi connectivity index (χ3v) is 7.98. The van der Waals surface area contributed by atoms with Crippen molar-refractivity contribution in [1.29, 1.82) is 0 Å². The van der Waals surface area contributed by atoms with Gasteiger partial charge in [0.25, 0.3) is 0 Å². The second-order valence-corrected chi connectivity index (χ2v) is 10.4. The van der Waals surface area contributed by atoms with Crippen molar-refractivity contribution >= 4 is 17.8 Å². The summed E-state index contributed by atoms with van der Waals surface area (Å²) in [5, 5.41) is 4.79. The molecule has 184 valence electrons. The number of hydrogen-bond donors (Lipinski definition) is 2. The highest BCUT2D eigenvalue weighted by molar-refractivity contribution is 5.86. The van der Waals surface area contributed by atoms with Gasteiger partial charge in [-0.1, -0.05) is 61.9 Å². The molecule has 4 fully saturated rings. The molecule has 3 atom stereocenters. The minimum Gasteiger partial charge on any atom is -0.353 e. The molecule has 8 nitrogen and oxygen atoms in total. The minimum atomic E-state index is -0.521. The van der Waals surface area contributed by atoms with E-state index >= 15 is 0 Å². The first kappa shape index (κ1) is 23.1. The molecule has 0 bridgehead atoms.